The number of hydrogen-bond donors (Lipinski definition) is 0. The lowest BCUT2D eigenvalue weighted by molar-refractivity contribution is 0.101. The van der Waals surface area contributed by atoms with Gasteiger partial charge in [0.1, 0.15) is 5.75 Å². The molecule has 20 heavy (non-hydrogen) atoms. The van der Waals surface area contributed by atoms with Gasteiger partial charge in [0, 0.05) is 5.25 Å². The summed E-state index contributed by atoms with van der Waals surface area (Å²) in [7, 11) is 0. The third-order valence-corrected chi connectivity index (χ3v) is 4.92. The number of rotatable bonds is 6. The molecule has 0 heterocycles. The number of carbonyl (C=O) groups is 1. The van der Waals surface area contributed by atoms with Crippen molar-refractivity contribution in [2.24, 2.45) is 0 Å². The lowest BCUT2D eigenvalue weighted by Crippen LogP contribution is -2.14. The van der Waals surface area contributed by atoms with Crippen molar-refractivity contribution in [3.8, 4) is 5.75 Å². The standard InChI is InChI=1S/C17H24O2S/c1-13(2)19-17-11-7-6-10-15(17)16(18)12-20-14-8-4-3-5-9-14/h6-7,10-11,13-14H,3-5,8-9,12H2,1-2H3. The summed E-state index contributed by atoms with van der Waals surface area (Å²) in [4.78, 5) is 12.4. The first-order valence-electron chi connectivity index (χ1n) is 7.57. The lowest BCUT2D eigenvalue weighted by Gasteiger charge is -2.20. The van der Waals surface area contributed by atoms with E-state index < -0.39 is 0 Å². The topological polar surface area (TPSA) is 26.3 Å². The van der Waals surface area contributed by atoms with Gasteiger partial charge in [0.25, 0.3) is 0 Å². The fraction of sp³-hybridized carbons (Fsp3) is 0.588. The molecule has 0 N–H and O–H groups in total. The average molecular weight is 292 g/mol. The molecule has 1 aromatic carbocycles. The maximum Gasteiger partial charge on any atom is 0.176 e. The van der Waals surface area contributed by atoms with Gasteiger partial charge in [-0.2, -0.15) is 11.8 Å². The number of Topliss-reactive ketones (excluding diaryl/α,β-unsaturated/α-hetero) is 1. The highest BCUT2D eigenvalue weighted by molar-refractivity contribution is 8.00. The molecule has 1 aliphatic carbocycles. The molecule has 0 amide bonds. The van der Waals surface area contributed by atoms with E-state index in [1.807, 2.05) is 49.9 Å². The molecule has 0 radical (unpaired) electrons. The number of para-hydroxylation sites is 1. The highest BCUT2D eigenvalue weighted by atomic mass is 32.2. The maximum absolute atomic E-state index is 12.4. The summed E-state index contributed by atoms with van der Waals surface area (Å²) in [6, 6.07) is 7.59. The third kappa shape index (κ3) is 4.55. The maximum atomic E-state index is 12.4. The van der Waals surface area contributed by atoms with Crippen LogP contribution < -0.4 is 4.74 Å². The van der Waals surface area contributed by atoms with Gasteiger partial charge in [-0.05, 0) is 38.8 Å². The van der Waals surface area contributed by atoms with Gasteiger partial charge in [-0.3, -0.25) is 4.79 Å². The van der Waals surface area contributed by atoms with Crippen LogP contribution in [0.5, 0.6) is 5.75 Å². The first-order valence-corrected chi connectivity index (χ1v) is 8.62. The van der Waals surface area contributed by atoms with Gasteiger partial charge in [-0.15, -0.1) is 0 Å². The second kappa shape index (κ2) is 7.72. The van der Waals surface area contributed by atoms with Crippen molar-refractivity contribution in [3.05, 3.63) is 29.8 Å². The molecule has 1 saturated carbocycles. The van der Waals surface area contributed by atoms with E-state index in [1.54, 1.807) is 0 Å². The van der Waals surface area contributed by atoms with Gasteiger partial charge in [-0.1, -0.05) is 31.4 Å². The van der Waals surface area contributed by atoms with Crippen molar-refractivity contribution in [3.63, 3.8) is 0 Å². The normalized spacial score (nSPS) is 16.4. The zero-order valence-electron chi connectivity index (χ0n) is 12.4. The first-order chi connectivity index (χ1) is 9.66. The summed E-state index contributed by atoms with van der Waals surface area (Å²) in [6.45, 7) is 3.97. The molecule has 1 aliphatic rings. The molecule has 0 aliphatic heterocycles. The lowest BCUT2D eigenvalue weighted by atomic mass is 10.0. The first kappa shape index (κ1) is 15.4. The quantitative estimate of drug-likeness (QED) is 0.709. The van der Waals surface area contributed by atoms with Crippen molar-refractivity contribution in [1.82, 2.24) is 0 Å². The number of ether oxygens (including phenoxy) is 1. The van der Waals surface area contributed by atoms with Gasteiger partial charge in [0.15, 0.2) is 5.78 Å². The highest BCUT2D eigenvalue weighted by Gasteiger charge is 2.18. The number of thioether (sulfide) groups is 1. The Morgan fingerprint density at radius 1 is 1.25 bits per heavy atom. The van der Waals surface area contributed by atoms with Gasteiger partial charge >= 0.3 is 0 Å². The summed E-state index contributed by atoms with van der Waals surface area (Å²) < 4.78 is 5.73. The number of carbonyl (C=O) groups excluding carboxylic acids is 1. The third-order valence-electron chi connectivity index (χ3n) is 3.55. The van der Waals surface area contributed by atoms with E-state index in [9.17, 15) is 4.79 Å². The Kier molecular flexibility index (Phi) is 5.96. The van der Waals surface area contributed by atoms with Crippen LogP contribution in [0.4, 0.5) is 0 Å². The van der Waals surface area contributed by atoms with E-state index >= 15 is 0 Å². The summed E-state index contributed by atoms with van der Waals surface area (Å²) in [5.41, 5.74) is 0.726. The van der Waals surface area contributed by atoms with Crippen LogP contribution in [-0.4, -0.2) is 22.9 Å². The molecule has 0 aromatic heterocycles. The molecular weight excluding hydrogens is 268 g/mol. The van der Waals surface area contributed by atoms with Crippen molar-refractivity contribution >= 4 is 17.5 Å². The Balaban J connectivity index is 1.94. The van der Waals surface area contributed by atoms with Crippen molar-refractivity contribution < 1.29 is 9.53 Å². The van der Waals surface area contributed by atoms with Crippen LogP contribution in [0.15, 0.2) is 24.3 Å². The van der Waals surface area contributed by atoms with Crippen LogP contribution >= 0.6 is 11.8 Å². The molecule has 1 aromatic rings. The van der Waals surface area contributed by atoms with Crippen LogP contribution in [-0.2, 0) is 0 Å². The molecule has 1 fully saturated rings. The molecule has 0 spiro atoms. The predicted octanol–water partition coefficient (Wildman–Crippen LogP) is 4.72. The summed E-state index contributed by atoms with van der Waals surface area (Å²) >= 11 is 1.82. The number of hydrogen-bond acceptors (Lipinski definition) is 3. The molecule has 0 atom stereocenters. The van der Waals surface area contributed by atoms with E-state index in [2.05, 4.69) is 0 Å². The van der Waals surface area contributed by atoms with E-state index in [4.69, 9.17) is 4.74 Å². The van der Waals surface area contributed by atoms with Crippen molar-refractivity contribution in [1.29, 1.82) is 0 Å². The monoisotopic (exact) mass is 292 g/mol. The van der Waals surface area contributed by atoms with Crippen LogP contribution in [0.1, 0.15) is 56.3 Å². The number of benzene rings is 1. The minimum Gasteiger partial charge on any atom is -0.490 e. The van der Waals surface area contributed by atoms with Crippen LogP contribution in [0.3, 0.4) is 0 Å². The highest BCUT2D eigenvalue weighted by Crippen LogP contribution is 2.29. The van der Waals surface area contributed by atoms with Crippen molar-refractivity contribution in [2.45, 2.75) is 57.3 Å². The van der Waals surface area contributed by atoms with E-state index in [1.165, 1.54) is 32.1 Å². The van der Waals surface area contributed by atoms with Gasteiger partial charge < -0.3 is 4.74 Å². The summed E-state index contributed by atoms with van der Waals surface area (Å²) in [6.07, 6.45) is 6.62. The van der Waals surface area contributed by atoms with Gasteiger partial charge in [-0.25, -0.2) is 0 Å². The molecule has 0 saturated heterocycles. The Bertz CT molecular complexity index is 436. The molecular formula is C17H24O2S. The molecule has 2 nitrogen and oxygen atoms in total. The molecule has 0 unspecified atom stereocenters. The van der Waals surface area contributed by atoms with Crippen LogP contribution in [0.2, 0.25) is 0 Å². The largest absolute Gasteiger partial charge is 0.490 e. The predicted molar refractivity (Wildman–Crippen MR) is 85.9 cm³/mol. The zero-order valence-corrected chi connectivity index (χ0v) is 13.2. The van der Waals surface area contributed by atoms with Crippen LogP contribution in [0, 0.1) is 0 Å². The fourth-order valence-electron chi connectivity index (χ4n) is 2.56. The van der Waals surface area contributed by atoms with E-state index in [-0.39, 0.29) is 11.9 Å². The van der Waals surface area contributed by atoms with Gasteiger partial charge in [0.05, 0.1) is 17.4 Å². The molecule has 110 valence electrons. The van der Waals surface area contributed by atoms with E-state index in [0.717, 1.165) is 11.3 Å². The Morgan fingerprint density at radius 3 is 2.65 bits per heavy atom. The van der Waals surface area contributed by atoms with E-state index in [0.29, 0.717) is 11.0 Å². The van der Waals surface area contributed by atoms with Crippen LogP contribution in [0.25, 0.3) is 0 Å². The smallest absolute Gasteiger partial charge is 0.176 e. The minimum absolute atomic E-state index is 0.0925. The Labute approximate surface area is 126 Å². The molecule has 3 heteroatoms. The average Bonchev–Trinajstić information content (AvgIpc) is 2.46. The van der Waals surface area contributed by atoms with Crippen molar-refractivity contribution in [2.75, 3.05) is 5.75 Å². The SMILES string of the molecule is CC(C)Oc1ccccc1C(=O)CSC1CCCCC1. The Hall–Kier alpha value is -0.960. The summed E-state index contributed by atoms with van der Waals surface area (Å²) in [5, 5.41) is 0.672. The van der Waals surface area contributed by atoms with Gasteiger partial charge in [0.2, 0.25) is 0 Å². The zero-order chi connectivity index (χ0) is 14.4. The number of ketones is 1. The fourth-order valence-corrected chi connectivity index (χ4v) is 3.77. The minimum atomic E-state index is 0.0925. The second-order valence-electron chi connectivity index (χ2n) is 5.66. The second-order valence-corrected chi connectivity index (χ2v) is 6.95. The summed E-state index contributed by atoms with van der Waals surface area (Å²) in [5.74, 6) is 1.48. The Morgan fingerprint density at radius 2 is 1.95 bits per heavy atom. The molecule has 2 rings (SSSR count). The molecule has 0 bridgehead atoms.